The molecule has 4 rings (SSSR count). The van der Waals surface area contributed by atoms with Crippen LogP contribution in [0.5, 0.6) is 0 Å². The first-order valence-electron chi connectivity index (χ1n) is 9.15. The minimum atomic E-state index is 0.384. The summed E-state index contributed by atoms with van der Waals surface area (Å²) in [7, 11) is 0. The van der Waals surface area contributed by atoms with Crippen molar-refractivity contribution in [1.82, 2.24) is 20.2 Å². The van der Waals surface area contributed by atoms with Crippen molar-refractivity contribution in [3.63, 3.8) is 0 Å². The molecule has 2 aliphatic heterocycles. The van der Waals surface area contributed by atoms with Gasteiger partial charge in [-0.05, 0) is 43.8 Å². The number of likely N-dealkylation sites (tertiary alicyclic amines) is 1. The standard InChI is InChI=1S/C18H26N6S/c19-18-22-16-6-8-20-7-5-15(16)17(23-18)21-13-3-1-9-24(11-13)12-14-4-2-10-25-14/h2,4,10,13,20H,1,3,5-9,11-12H2,(H3,19,21,22,23). The van der Waals surface area contributed by atoms with E-state index in [1.807, 2.05) is 11.3 Å². The van der Waals surface area contributed by atoms with Gasteiger partial charge in [0, 0.05) is 42.5 Å². The quantitative estimate of drug-likeness (QED) is 0.775. The van der Waals surface area contributed by atoms with E-state index in [1.54, 1.807) is 0 Å². The number of hydrogen-bond acceptors (Lipinski definition) is 7. The summed E-state index contributed by atoms with van der Waals surface area (Å²) in [6.07, 6.45) is 4.28. The van der Waals surface area contributed by atoms with E-state index in [-0.39, 0.29) is 0 Å². The molecule has 1 saturated heterocycles. The molecule has 6 nitrogen and oxygen atoms in total. The van der Waals surface area contributed by atoms with Crippen LogP contribution in [0.25, 0.3) is 0 Å². The van der Waals surface area contributed by atoms with Crippen molar-refractivity contribution in [2.75, 3.05) is 37.2 Å². The molecule has 0 bridgehead atoms. The summed E-state index contributed by atoms with van der Waals surface area (Å²) in [4.78, 5) is 13.0. The topological polar surface area (TPSA) is 79.1 Å². The number of rotatable bonds is 4. The van der Waals surface area contributed by atoms with Crippen LogP contribution in [0.15, 0.2) is 17.5 Å². The SMILES string of the molecule is Nc1nc2c(c(NC3CCCN(Cc4cccs4)C3)n1)CCNCC2. The Balaban J connectivity index is 1.47. The molecular formula is C18H26N6S. The fourth-order valence-corrected chi connectivity index (χ4v) is 4.56. The third-order valence-corrected chi connectivity index (χ3v) is 5.87. The molecule has 0 spiro atoms. The number of nitrogens with zero attached hydrogens (tertiary/aromatic N) is 3. The highest BCUT2D eigenvalue weighted by atomic mass is 32.1. The molecule has 4 N–H and O–H groups in total. The molecule has 2 aromatic heterocycles. The number of anilines is 2. The van der Waals surface area contributed by atoms with E-state index in [4.69, 9.17) is 5.73 Å². The van der Waals surface area contributed by atoms with Gasteiger partial charge in [0.15, 0.2) is 0 Å². The highest BCUT2D eigenvalue weighted by molar-refractivity contribution is 7.09. The van der Waals surface area contributed by atoms with Crippen LogP contribution in [0, 0.1) is 0 Å². The number of nitrogens with one attached hydrogen (secondary N) is 2. The van der Waals surface area contributed by atoms with Crippen molar-refractivity contribution in [3.05, 3.63) is 33.6 Å². The maximum atomic E-state index is 5.96. The summed E-state index contributed by atoms with van der Waals surface area (Å²) in [6.45, 7) is 5.20. The number of hydrogen-bond donors (Lipinski definition) is 3. The van der Waals surface area contributed by atoms with Crippen LogP contribution < -0.4 is 16.4 Å². The molecule has 0 aromatic carbocycles. The Hall–Kier alpha value is -1.70. The van der Waals surface area contributed by atoms with Gasteiger partial charge in [0.05, 0.1) is 5.69 Å². The van der Waals surface area contributed by atoms with Gasteiger partial charge >= 0.3 is 0 Å². The zero-order chi connectivity index (χ0) is 17.1. The molecule has 1 unspecified atom stereocenters. The maximum absolute atomic E-state index is 5.96. The largest absolute Gasteiger partial charge is 0.368 e. The molecule has 2 aromatic rings. The minimum Gasteiger partial charge on any atom is -0.368 e. The average molecular weight is 359 g/mol. The Kier molecular flexibility index (Phi) is 5.14. The Labute approximate surface area is 152 Å². The number of piperidine rings is 1. The van der Waals surface area contributed by atoms with Crippen molar-refractivity contribution in [2.45, 2.75) is 38.3 Å². The van der Waals surface area contributed by atoms with Gasteiger partial charge in [0.2, 0.25) is 5.95 Å². The Bertz CT molecular complexity index is 702. The molecule has 2 aliphatic rings. The summed E-state index contributed by atoms with van der Waals surface area (Å²) in [5, 5.41) is 9.28. The predicted molar refractivity (Wildman–Crippen MR) is 103 cm³/mol. The number of nitrogens with two attached hydrogens (primary N) is 1. The zero-order valence-corrected chi connectivity index (χ0v) is 15.3. The van der Waals surface area contributed by atoms with Crippen molar-refractivity contribution in [1.29, 1.82) is 0 Å². The van der Waals surface area contributed by atoms with E-state index in [0.29, 0.717) is 12.0 Å². The Morgan fingerprint density at radius 1 is 1.32 bits per heavy atom. The third kappa shape index (κ3) is 4.11. The summed E-state index contributed by atoms with van der Waals surface area (Å²) < 4.78 is 0. The van der Waals surface area contributed by atoms with Gasteiger partial charge in [-0.1, -0.05) is 6.07 Å². The molecule has 1 fully saturated rings. The second-order valence-electron chi connectivity index (χ2n) is 6.90. The maximum Gasteiger partial charge on any atom is 0.222 e. The van der Waals surface area contributed by atoms with Crippen LogP contribution in [0.4, 0.5) is 11.8 Å². The van der Waals surface area contributed by atoms with E-state index < -0.39 is 0 Å². The van der Waals surface area contributed by atoms with Crippen LogP contribution in [0.1, 0.15) is 29.0 Å². The summed E-state index contributed by atoms with van der Waals surface area (Å²) >= 11 is 1.84. The molecule has 0 amide bonds. The fraction of sp³-hybridized carbons (Fsp3) is 0.556. The smallest absolute Gasteiger partial charge is 0.222 e. The summed E-state index contributed by atoms with van der Waals surface area (Å²) in [6, 6.07) is 4.77. The van der Waals surface area contributed by atoms with Crippen LogP contribution >= 0.6 is 11.3 Å². The van der Waals surface area contributed by atoms with E-state index in [0.717, 1.165) is 50.5 Å². The van der Waals surface area contributed by atoms with Gasteiger partial charge in [-0.15, -0.1) is 11.3 Å². The first kappa shape index (κ1) is 16.8. The Morgan fingerprint density at radius 2 is 2.24 bits per heavy atom. The number of thiophene rings is 1. The van der Waals surface area contributed by atoms with Gasteiger partial charge in [-0.25, -0.2) is 4.98 Å². The highest BCUT2D eigenvalue weighted by Crippen LogP contribution is 2.24. The fourth-order valence-electron chi connectivity index (χ4n) is 3.82. The van der Waals surface area contributed by atoms with Crippen molar-refractivity contribution < 1.29 is 0 Å². The van der Waals surface area contributed by atoms with Crippen molar-refractivity contribution in [2.24, 2.45) is 0 Å². The number of fused-ring (bicyclic) bond motifs is 1. The predicted octanol–water partition coefficient (Wildman–Crippen LogP) is 1.88. The van der Waals surface area contributed by atoms with E-state index in [9.17, 15) is 0 Å². The van der Waals surface area contributed by atoms with Gasteiger partial charge < -0.3 is 16.4 Å². The normalized spacial score (nSPS) is 21.5. The van der Waals surface area contributed by atoms with Gasteiger partial charge in [0.1, 0.15) is 5.82 Å². The van der Waals surface area contributed by atoms with Gasteiger partial charge in [-0.2, -0.15) is 4.98 Å². The molecule has 4 heterocycles. The minimum absolute atomic E-state index is 0.384. The lowest BCUT2D eigenvalue weighted by molar-refractivity contribution is 0.210. The average Bonchev–Trinajstić information content (AvgIpc) is 2.98. The van der Waals surface area contributed by atoms with Crippen molar-refractivity contribution >= 4 is 23.1 Å². The molecule has 7 heteroatoms. The van der Waals surface area contributed by atoms with Crippen LogP contribution in [0.3, 0.4) is 0 Å². The van der Waals surface area contributed by atoms with Crippen LogP contribution in [0.2, 0.25) is 0 Å². The second-order valence-corrected chi connectivity index (χ2v) is 7.94. The third-order valence-electron chi connectivity index (χ3n) is 5.01. The van der Waals surface area contributed by atoms with E-state index >= 15 is 0 Å². The van der Waals surface area contributed by atoms with Crippen LogP contribution in [-0.4, -0.2) is 47.1 Å². The second kappa shape index (κ2) is 7.68. The highest BCUT2D eigenvalue weighted by Gasteiger charge is 2.23. The summed E-state index contributed by atoms with van der Waals surface area (Å²) in [5.74, 6) is 1.34. The number of aromatic nitrogens is 2. The van der Waals surface area contributed by atoms with E-state index in [2.05, 4.69) is 43.0 Å². The molecule has 25 heavy (non-hydrogen) atoms. The lowest BCUT2D eigenvalue weighted by Gasteiger charge is -2.33. The van der Waals surface area contributed by atoms with Crippen molar-refractivity contribution in [3.8, 4) is 0 Å². The Morgan fingerprint density at radius 3 is 3.12 bits per heavy atom. The first-order chi connectivity index (χ1) is 12.3. The van der Waals surface area contributed by atoms with Crippen LogP contribution in [-0.2, 0) is 19.4 Å². The molecule has 134 valence electrons. The lowest BCUT2D eigenvalue weighted by atomic mass is 10.0. The molecule has 0 aliphatic carbocycles. The lowest BCUT2D eigenvalue weighted by Crippen LogP contribution is -2.41. The van der Waals surface area contributed by atoms with E-state index in [1.165, 1.54) is 29.8 Å². The van der Waals surface area contributed by atoms with Gasteiger partial charge in [0.25, 0.3) is 0 Å². The molecule has 0 saturated carbocycles. The van der Waals surface area contributed by atoms with Gasteiger partial charge in [-0.3, -0.25) is 4.90 Å². The number of nitrogen functional groups attached to an aromatic ring is 1. The molecular weight excluding hydrogens is 332 g/mol. The first-order valence-corrected chi connectivity index (χ1v) is 10.0. The zero-order valence-electron chi connectivity index (χ0n) is 14.5. The monoisotopic (exact) mass is 358 g/mol. The molecule has 1 atom stereocenters. The summed E-state index contributed by atoms with van der Waals surface area (Å²) in [5.41, 5.74) is 8.31. The molecule has 0 radical (unpaired) electrons.